The standard InChI is InChI=1S/C11H12F3NO3/c1-2-6(16)5-18-15-11(17)7-3-4-8(12)10(14)9(7)13/h3-4,6,16H,2,5H2,1H3,(H,15,17). The van der Waals surface area contributed by atoms with Gasteiger partial charge in [-0.3, -0.25) is 9.63 Å². The summed E-state index contributed by atoms with van der Waals surface area (Å²) >= 11 is 0. The fourth-order valence-electron chi connectivity index (χ4n) is 1.08. The number of nitrogens with one attached hydrogen (secondary N) is 1. The van der Waals surface area contributed by atoms with Gasteiger partial charge in [-0.2, -0.15) is 0 Å². The lowest BCUT2D eigenvalue weighted by atomic mass is 10.2. The Hall–Kier alpha value is -1.60. The van der Waals surface area contributed by atoms with Crippen LogP contribution in [0.3, 0.4) is 0 Å². The first-order valence-electron chi connectivity index (χ1n) is 5.21. The SMILES string of the molecule is CCC(O)CONC(=O)c1ccc(F)c(F)c1F. The molecule has 0 aromatic heterocycles. The van der Waals surface area contributed by atoms with Crippen LogP contribution < -0.4 is 5.48 Å². The molecule has 18 heavy (non-hydrogen) atoms. The molecule has 0 bridgehead atoms. The van der Waals surface area contributed by atoms with Crippen molar-refractivity contribution in [3.8, 4) is 0 Å². The zero-order chi connectivity index (χ0) is 13.7. The van der Waals surface area contributed by atoms with Gasteiger partial charge in [0, 0.05) is 0 Å². The first-order chi connectivity index (χ1) is 8.47. The highest BCUT2D eigenvalue weighted by atomic mass is 19.2. The summed E-state index contributed by atoms with van der Waals surface area (Å²) in [6.07, 6.45) is -0.366. The molecular weight excluding hydrogens is 251 g/mol. The summed E-state index contributed by atoms with van der Waals surface area (Å²) < 4.78 is 38.6. The highest BCUT2D eigenvalue weighted by molar-refractivity contribution is 5.93. The van der Waals surface area contributed by atoms with E-state index in [1.165, 1.54) is 0 Å². The molecule has 1 aromatic rings. The number of aliphatic hydroxyl groups is 1. The molecule has 0 saturated carbocycles. The van der Waals surface area contributed by atoms with Crippen molar-refractivity contribution in [1.29, 1.82) is 0 Å². The van der Waals surface area contributed by atoms with Crippen LogP contribution in [0.15, 0.2) is 12.1 Å². The lowest BCUT2D eigenvalue weighted by Gasteiger charge is -2.09. The van der Waals surface area contributed by atoms with Crippen LogP contribution in [0.25, 0.3) is 0 Å². The van der Waals surface area contributed by atoms with Crippen molar-refractivity contribution in [3.63, 3.8) is 0 Å². The van der Waals surface area contributed by atoms with Crippen molar-refractivity contribution >= 4 is 5.91 Å². The van der Waals surface area contributed by atoms with Crippen molar-refractivity contribution in [3.05, 3.63) is 35.1 Å². The van der Waals surface area contributed by atoms with Gasteiger partial charge in [0.2, 0.25) is 0 Å². The topological polar surface area (TPSA) is 58.6 Å². The van der Waals surface area contributed by atoms with Crippen molar-refractivity contribution in [2.75, 3.05) is 6.61 Å². The number of hydrogen-bond acceptors (Lipinski definition) is 3. The summed E-state index contributed by atoms with van der Waals surface area (Å²) in [6.45, 7) is 1.51. The number of hydroxylamine groups is 1. The first kappa shape index (κ1) is 14.5. The fourth-order valence-corrected chi connectivity index (χ4v) is 1.08. The number of rotatable bonds is 5. The maximum Gasteiger partial charge on any atom is 0.277 e. The van der Waals surface area contributed by atoms with Crippen LogP contribution in [-0.4, -0.2) is 23.7 Å². The average Bonchev–Trinajstić information content (AvgIpc) is 2.35. The zero-order valence-corrected chi connectivity index (χ0v) is 9.54. The van der Waals surface area contributed by atoms with Gasteiger partial charge in [-0.05, 0) is 18.6 Å². The van der Waals surface area contributed by atoms with Crippen molar-refractivity contribution in [1.82, 2.24) is 5.48 Å². The van der Waals surface area contributed by atoms with E-state index in [1.54, 1.807) is 6.92 Å². The normalized spacial score (nSPS) is 12.3. The van der Waals surface area contributed by atoms with Gasteiger partial charge in [0.15, 0.2) is 17.5 Å². The van der Waals surface area contributed by atoms with E-state index in [0.29, 0.717) is 12.5 Å². The summed E-state index contributed by atoms with van der Waals surface area (Å²) in [5.74, 6) is -5.76. The summed E-state index contributed by atoms with van der Waals surface area (Å²) in [5, 5.41) is 9.12. The van der Waals surface area contributed by atoms with Crippen LogP contribution in [0, 0.1) is 17.5 Å². The molecule has 1 rings (SSSR count). The number of benzene rings is 1. The summed E-state index contributed by atoms with van der Waals surface area (Å²) in [6, 6.07) is 1.43. The van der Waals surface area contributed by atoms with E-state index in [-0.39, 0.29) is 6.61 Å². The molecule has 2 N–H and O–H groups in total. The third-order valence-corrected chi connectivity index (χ3v) is 2.19. The van der Waals surface area contributed by atoms with Crippen LogP contribution in [-0.2, 0) is 4.84 Å². The number of carbonyl (C=O) groups is 1. The van der Waals surface area contributed by atoms with E-state index in [2.05, 4.69) is 4.84 Å². The highest BCUT2D eigenvalue weighted by Gasteiger charge is 2.18. The van der Waals surface area contributed by atoms with Crippen LogP contribution in [0.5, 0.6) is 0 Å². The van der Waals surface area contributed by atoms with Gasteiger partial charge in [0.25, 0.3) is 5.91 Å². The van der Waals surface area contributed by atoms with Gasteiger partial charge >= 0.3 is 0 Å². The van der Waals surface area contributed by atoms with Crippen LogP contribution in [0.1, 0.15) is 23.7 Å². The number of carbonyl (C=O) groups excluding carboxylic acids is 1. The number of aliphatic hydroxyl groups excluding tert-OH is 1. The highest BCUT2D eigenvalue weighted by Crippen LogP contribution is 2.14. The lowest BCUT2D eigenvalue weighted by molar-refractivity contribution is -0.0135. The molecule has 0 aliphatic rings. The third-order valence-electron chi connectivity index (χ3n) is 2.19. The molecule has 0 heterocycles. The minimum Gasteiger partial charge on any atom is -0.391 e. The molecule has 0 aliphatic heterocycles. The summed E-state index contributed by atoms with van der Waals surface area (Å²) in [4.78, 5) is 15.9. The van der Waals surface area contributed by atoms with Gasteiger partial charge in [-0.1, -0.05) is 6.92 Å². The molecular formula is C11H12F3NO3. The van der Waals surface area contributed by atoms with Crippen molar-refractivity contribution in [2.24, 2.45) is 0 Å². The zero-order valence-electron chi connectivity index (χ0n) is 9.54. The van der Waals surface area contributed by atoms with Crippen molar-refractivity contribution < 1.29 is 27.9 Å². The van der Waals surface area contributed by atoms with Crippen LogP contribution in [0.4, 0.5) is 13.2 Å². The Balaban J connectivity index is 2.65. The molecule has 0 fully saturated rings. The van der Waals surface area contributed by atoms with E-state index in [0.717, 1.165) is 6.07 Å². The van der Waals surface area contributed by atoms with Gasteiger partial charge in [0.1, 0.15) is 6.61 Å². The van der Waals surface area contributed by atoms with E-state index in [9.17, 15) is 18.0 Å². The molecule has 0 spiro atoms. The van der Waals surface area contributed by atoms with Gasteiger partial charge in [-0.25, -0.2) is 18.7 Å². The van der Waals surface area contributed by atoms with E-state index >= 15 is 0 Å². The van der Waals surface area contributed by atoms with Gasteiger partial charge in [-0.15, -0.1) is 0 Å². The number of hydrogen-bond donors (Lipinski definition) is 2. The van der Waals surface area contributed by atoms with Gasteiger partial charge in [0.05, 0.1) is 11.7 Å². The fraction of sp³-hybridized carbons (Fsp3) is 0.364. The Morgan fingerprint density at radius 2 is 2.06 bits per heavy atom. The third kappa shape index (κ3) is 3.44. The molecule has 4 nitrogen and oxygen atoms in total. The predicted molar refractivity (Wildman–Crippen MR) is 56.0 cm³/mol. The second kappa shape index (κ2) is 6.36. The molecule has 0 saturated heterocycles. The van der Waals surface area contributed by atoms with E-state index < -0.39 is 35.0 Å². The number of amides is 1. The van der Waals surface area contributed by atoms with Gasteiger partial charge < -0.3 is 5.11 Å². The van der Waals surface area contributed by atoms with Crippen LogP contribution in [0.2, 0.25) is 0 Å². The second-order valence-electron chi connectivity index (χ2n) is 3.53. The Kier molecular flexibility index (Phi) is 5.11. The van der Waals surface area contributed by atoms with Crippen LogP contribution >= 0.6 is 0 Å². The van der Waals surface area contributed by atoms with E-state index in [4.69, 9.17) is 5.11 Å². The quantitative estimate of drug-likeness (QED) is 0.625. The Morgan fingerprint density at radius 1 is 1.39 bits per heavy atom. The second-order valence-corrected chi connectivity index (χ2v) is 3.53. The largest absolute Gasteiger partial charge is 0.391 e. The molecule has 1 unspecified atom stereocenters. The smallest absolute Gasteiger partial charge is 0.277 e. The predicted octanol–water partition coefficient (Wildman–Crippen LogP) is 1.54. The minimum absolute atomic E-state index is 0.187. The summed E-state index contributed by atoms with van der Waals surface area (Å²) in [5.41, 5.74) is 1.14. The number of halogens is 3. The van der Waals surface area contributed by atoms with E-state index in [1.807, 2.05) is 5.48 Å². The summed E-state index contributed by atoms with van der Waals surface area (Å²) in [7, 11) is 0. The first-order valence-corrected chi connectivity index (χ1v) is 5.21. The Labute approximate surface area is 101 Å². The molecule has 1 amide bonds. The maximum atomic E-state index is 13.2. The lowest BCUT2D eigenvalue weighted by Crippen LogP contribution is -2.29. The average molecular weight is 263 g/mol. The molecule has 1 aromatic carbocycles. The Morgan fingerprint density at radius 3 is 2.67 bits per heavy atom. The molecule has 0 radical (unpaired) electrons. The molecule has 0 aliphatic carbocycles. The Bertz CT molecular complexity index is 440. The minimum atomic E-state index is -1.73. The van der Waals surface area contributed by atoms with Crippen molar-refractivity contribution in [2.45, 2.75) is 19.4 Å². The molecule has 7 heteroatoms. The molecule has 1 atom stereocenters. The molecule has 100 valence electrons. The monoisotopic (exact) mass is 263 g/mol. The maximum absolute atomic E-state index is 13.2.